The summed E-state index contributed by atoms with van der Waals surface area (Å²) in [7, 11) is 0. The Bertz CT molecular complexity index is 339. The van der Waals surface area contributed by atoms with Crippen LogP contribution in [0.5, 0.6) is 0 Å². The highest BCUT2D eigenvalue weighted by atomic mass is 14.4. The molecule has 0 atom stereocenters. The van der Waals surface area contributed by atoms with Crippen LogP contribution in [0, 0.1) is 28.6 Å². The summed E-state index contributed by atoms with van der Waals surface area (Å²) < 4.78 is 0. The Kier molecular flexibility index (Phi) is 8.49. The molecule has 0 radical (unpaired) electrons. The number of nitrogens with zero attached hydrogens (tertiary/aromatic N) is 1. The largest absolute Gasteiger partial charge is 0.198 e. The summed E-state index contributed by atoms with van der Waals surface area (Å²) in [6.45, 7) is 2.30. The maximum absolute atomic E-state index is 9.62. The highest BCUT2D eigenvalue weighted by Crippen LogP contribution is 2.42. The zero-order valence-electron chi connectivity index (χ0n) is 15.6. The Morgan fingerprint density at radius 2 is 1.43 bits per heavy atom. The van der Waals surface area contributed by atoms with Crippen molar-refractivity contribution < 1.29 is 0 Å². The van der Waals surface area contributed by atoms with Crippen molar-refractivity contribution >= 4 is 0 Å². The van der Waals surface area contributed by atoms with Crippen LogP contribution in [-0.2, 0) is 0 Å². The quantitative estimate of drug-likeness (QED) is 0.406. The Morgan fingerprint density at radius 1 is 0.826 bits per heavy atom. The molecule has 0 aliphatic heterocycles. The van der Waals surface area contributed by atoms with Gasteiger partial charge in [-0.3, -0.25) is 0 Å². The van der Waals surface area contributed by atoms with Crippen LogP contribution in [0.1, 0.15) is 116 Å². The fourth-order valence-electron chi connectivity index (χ4n) is 4.97. The van der Waals surface area contributed by atoms with Crippen molar-refractivity contribution in [2.45, 2.75) is 116 Å². The minimum absolute atomic E-state index is 0.0639. The van der Waals surface area contributed by atoms with Gasteiger partial charge < -0.3 is 0 Å². The third-order valence-electron chi connectivity index (χ3n) is 6.76. The van der Waals surface area contributed by atoms with Crippen molar-refractivity contribution in [2.24, 2.45) is 17.3 Å². The lowest BCUT2D eigenvalue weighted by Crippen LogP contribution is -2.24. The monoisotopic (exact) mass is 317 g/mol. The van der Waals surface area contributed by atoms with E-state index in [1.165, 1.54) is 109 Å². The Balaban J connectivity index is 1.58. The van der Waals surface area contributed by atoms with E-state index in [-0.39, 0.29) is 5.41 Å². The summed E-state index contributed by atoms with van der Waals surface area (Å²) in [4.78, 5) is 0. The number of hydrogen-bond donors (Lipinski definition) is 0. The fourth-order valence-corrected chi connectivity index (χ4v) is 4.97. The van der Waals surface area contributed by atoms with Gasteiger partial charge in [-0.15, -0.1) is 0 Å². The van der Waals surface area contributed by atoms with E-state index >= 15 is 0 Å². The lowest BCUT2D eigenvalue weighted by molar-refractivity contribution is 0.194. The Labute approximate surface area is 145 Å². The van der Waals surface area contributed by atoms with E-state index in [2.05, 4.69) is 13.0 Å². The van der Waals surface area contributed by atoms with Gasteiger partial charge in [-0.2, -0.15) is 5.26 Å². The summed E-state index contributed by atoms with van der Waals surface area (Å²) in [6, 6.07) is 2.71. The molecule has 2 aliphatic rings. The normalized spacial score (nSPS) is 27.5. The zero-order chi connectivity index (χ0) is 16.4. The molecule has 0 saturated heterocycles. The van der Waals surface area contributed by atoms with Gasteiger partial charge in [0.1, 0.15) is 0 Å². The lowest BCUT2D eigenvalue weighted by atomic mass is 9.69. The first-order valence-electron chi connectivity index (χ1n) is 10.7. The third kappa shape index (κ3) is 6.48. The molecule has 0 amide bonds. The molecule has 132 valence electrons. The fraction of sp³-hybridized carbons (Fsp3) is 0.955. The number of hydrogen-bond acceptors (Lipinski definition) is 1. The van der Waals surface area contributed by atoms with Gasteiger partial charge >= 0.3 is 0 Å². The first-order chi connectivity index (χ1) is 11.3. The summed E-state index contributed by atoms with van der Waals surface area (Å²) in [5.41, 5.74) is 0.0639. The molecule has 0 bridgehead atoms. The standard InChI is InChI=1S/C22H39N/c1-2-3-4-5-7-10-20-11-13-21(14-12-20)15-18-22(19-23)16-8-6-9-17-22/h20-21H,2-18H2,1H3. The molecule has 0 heterocycles. The summed E-state index contributed by atoms with van der Waals surface area (Å²) >= 11 is 0. The van der Waals surface area contributed by atoms with Crippen LogP contribution >= 0.6 is 0 Å². The van der Waals surface area contributed by atoms with Gasteiger partial charge in [0, 0.05) is 0 Å². The van der Waals surface area contributed by atoms with Gasteiger partial charge in [-0.25, -0.2) is 0 Å². The molecule has 2 fully saturated rings. The Hall–Kier alpha value is -0.510. The Morgan fingerprint density at radius 3 is 2.04 bits per heavy atom. The molecule has 2 aliphatic carbocycles. The minimum atomic E-state index is 0.0639. The topological polar surface area (TPSA) is 23.8 Å². The molecular weight excluding hydrogens is 278 g/mol. The molecule has 1 nitrogen and oxygen atoms in total. The van der Waals surface area contributed by atoms with Gasteiger partial charge in [-0.1, -0.05) is 90.4 Å². The molecule has 0 unspecified atom stereocenters. The van der Waals surface area contributed by atoms with Crippen molar-refractivity contribution in [3.63, 3.8) is 0 Å². The molecule has 1 heteroatoms. The molecule has 23 heavy (non-hydrogen) atoms. The van der Waals surface area contributed by atoms with Crippen LogP contribution in [0.4, 0.5) is 0 Å². The van der Waals surface area contributed by atoms with E-state index in [0.717, 1.165) is 11.8 Å². The first kappa shape index (κ1) is 18.8. The maximum atomic E-state index is 9.62. The maximum Gasteiger partial charge on any atom is 0.0689 e. The van der Waals surface area contributed by atoms with Crippen LogP contribution in [0.15, 0.2) is 0 Å². The van der Waals surface area contributed by atoms with Crippen molar-refractivity contribution in [1.82, 2.24) is 0 Å². The van der Waals surface area contributed by atoms with E-state index in [0.29, 0.717) is 0 Å². The van der Waals surface area contributed by atoms with Crippen molar-refractivity contribution in [1.29, 1.82) is 5.26 Å². The van der Waals surface area contributed by atoms with Gasteiger partial charge in [0.2, 0.25) is 0 Å². The SMILES string of the molecule is CCCCCCCC1CCC(CCC2(C#N)CCCCC2)CC1. The van der Waals surface area contributed by atoms with E-state index in [1.807, 2.05) is 0 Å². The van der Waals surface area contributed by atoms with Gasteiger partial charge in [0.15, 0.2) is 0 Å². The van der Waals surface area contributed by atoms with E-state index in [1.54, 1.807) is 0 Å². The van der Waals surface area contributed by atoms with E-state index in [9.17, 15) is 5.26 Å². The molecule has 0 aromatic carbocycles. The van der Waals surface area contributed by atoms with Crippen molar-refractivity contribution in [2.75, 3.05) is 0 Å². The molecule has 0 N–H and O–H groups in total. The number of unbranched alkanes of at least 4 members (excludes halogenated alkanes) is 4. The molecule has 0 aromatic heterocycles. The highest BCUT2D eigenvalue weighted by Gasteiger charge is 2.33. The van der Waals surface area contributed by atoms with Crippen LogP contribution < -0.4 is 0 Å². The van der Waals surface area contributed by atoms with Gasteiger partial charge in [0.05, 0.1) is 11.5 Å². The average Bonchev–Trinajstić information content (AvgIpc) is 2.62. The molecular formula is C22H39N. The first-order valence-corrected chi connectivity index (χ1v) is 10.7. The van der Waals surface area contributed by atoms with Crippen LogP contribution in [0.3, 0.4) is 0 Å². The predicted molar refractivity (Wildman–Crippen MR) is 99.2 cm³/mol. The molecule has 0 aromatic rings. The van der Waals surface area contributed by atoms with Crippen molar-refractivity contribution in [3.05, 3.63) is 0 Å². The van der Waals surface area contributed by atoms with Gasteiger partial charge in [0.25, 0.3) is 0 Å². The lowest BCUT2D eigenvalue weighted by Gasteiger charge is -2.34. The highest BCUT2D eigenvalue weighted by molar-refractivity contribution is 5.00. The van der Waals surface area contributed by atoms with E-state index < -0.39 is 0 Å². The molecule has 2 saturated carbocycles. The van der Waals surface area contributed by atoms with Crippen LogP contribution in [0.25, 0.3) is 0 Å². The number of rotatable bonds is 9. The second-order valence-corrected chi connectivity index (χ2v) is 8.58. The minimum Gasteiger partial charge on any atom is -0.198 e. The third-order valence-corrected chi connectivity index (χ3v) is 6.76. The van der Waals surface area contributed by atoms with Gasteiger partial charge in [-0.05, 0) is 37.5 Å². The summed E-state index contributed by atoms with van der Waals surface area (Å²) in [5, 5.41) is 9.62. The number of nitriles is 1. The summed E-state index contributed by atoms with van der Waals surface area (Å²) in [5.74, 6) is 1.95. The van der Waals surface area contributed by atoms with Crippen LogP contribution in [0.2, 0.25) is 0 Å². The smallest absolute Gasteiger partial charge is 0.0689 e. The second kappa shape index (κ2) is 10.4. The average molecular weight is 318 g/mol. The summed E-state index contributed by atoms with van der Waals surface area (Å²) in [6.07, 6.45) is 23.3. The van der Waals surface area contributed by atoms with Crippen molar-refractivity contribution in [3.8, 4) is 6.07 Å². The zero-order valence-corrected chi connectivity index (χ0v) is 15.6. The second-order valence-electron chi connectivity index (χ2n) is 8.58. The predicted octanol–water partition coefficient (Wildman–Crippen LogP) is 7.41. The molecule has 2 rings (SSSR count). The van der Waals surface area contributed by atoms with E-state index in [4.69, 9.17) is 0 Å². The molecule has 0 spiro atoms. The van der Waals surface area contributed by atoms with Crippen LogP contribution in [-0.4, -0.2) is 0 Å².